The number of furan rings is 1. The van der Waals surface area contributed by atoms with E-state index in [0.717, 1.165) is 23.9 Å². The summed E-state index contributed by atoms with van der Waals surface area (Å²) in [6.45, 7) is 3.90. The second-order valence-electron chi connectivity index (χ2n) is 3.81. The molecule has 0 saturated carbocycles. The highest BCUT2D eigenvalue weighted by Gasteiger charge is 2.05. The topological polar surface area (TPSA) is 38.1 Å². The van der Waals surface area contributed by atoms with E-state index in [1.165, 1.54) is 0 Å². The highest BCUT2D eigenvalue weighted by Crippen LogP contribution is 2.19. The Bertz CT molecular complexity index is 416. The number of aromatic nitrogens is 1. The lowest BCUT2D eigenvalue weighted by atomic mass is 10.4. The van der Waals surface area contributed by atoms with Crippen molar-refractivity contribution in [2.24, 2.45) is 0 Å². The zero-order valence-electron chi connectivity index (χ0n) is 9.80. The minimum absolute atomic E-state index is 0.486. The molecule has 1 atom stereocenters. The van der Waals surface area contributed by atoms with Gasteiger partial charge >= 0.3 is 0 Å². The number of thioether (sulfide) groups is 1. The maximum absolute atomic E-state index is 5.25. The number of rotatable bonds is 6. The molecule has 3 nitrogen and oxygen atoms in total. The molecule has 2 aromatic rings. The summed E-state index contributed by atoms with van der Waals surface area (Å²) in [6.07, 6.45) is 3.52. The summed E-state index contributed by atoms with van der Waals surface area (Å²) in [6, 6.07) is 9.86. The lowest BCUT2D eigenvalue weighted by Gasteiger charge is -2.10. The standard InChI is InChI=1S/C13H16N2OS/c1-11(17-13-6-2-3-7-15-13)9-14-10-12-5-4-8-16-12/h2-8,11,14H,9-10H2,1H3. The first kappa shape index (κ1) is 12.2. The molecule has 0 aliphatic heterocycles. The van der Waals surface area contributed by atoms with E-state index in [9.17, 15) is 0 Å². The quantitative estimate of drug-likeness (QED) is 0.798. The molecule has 2 heterocycles. The van der Waals surface area contributed by atoms with Crippen LogP contribution in [0, 0.1) is 0 Å². The molecule has 0 aliphatic rings. The van der Waals surface area contributed by atoms with Crippen molar-refractivity contribution in [3.63, 3.8) is 0 Å². The molecule has 90 valence electrons. The molecular formula is C13H16N2OS. The van der Waals surface area contributed by atoms with Crippen LogP contribution < -0.4 is 5.32 Å². The van der Waals surface area contributed by atoms with Crippen molar-refractivity contribution in [3.8, 4) is 0 Å². The van der Waals surface area contributed by atoms with E-state index in [1.54, 1.807) is 18.0 Å². The lowest BCUT2D eigenvalue weighted by Crippen LogP contribution is -2.22. The van der Waals surface area contributed by atoms with Gasteiger partial charge in [0.2, 0.25) is 0 Å². The highest BCUT2D eigenvalue weighted by molar-refractivity contribution is 7.99. The number of hydrogen-bond donors (Lipinski definition) is 1. The van der Waals surface area contributed by atoms with E-state index in [0.29, 0.717) is 5.25 Å². The number of hydrogen-bond acceptors (Lipinski definition) is 4. The Morgan fingerprint density at radius 2 is 2.29 bits per heavy atom. The van der Waals surface area contributed by atoms with Gasteiger partial charge in [-0.25, -0.2) is 4.98 Å². The predicted octanol–water partition coefficient (Wildman–Crippen LogP) is 2.95. The van der Waals surface area contributed by atoms with Crippen LogP contribution in [0.1, 0.15) is 12.7 Å². The van der Waals surface area contributed by atoms with E-state index < -0.39 is 0 Å². The number of nitrogens with one attached hydrogen (secondary N) is 1. The highest BCUT2D eigenvalue weighted by atomic mass is 32.2. The minimum atomic E-state index is 0.486. The molecule has 0 aliphatic carbocycles. The first-order valence-corrected chi connectivity index (χ1v) is 6.53. The van der Waals surface area contributed by atoms with Crippen molar-refractivity contribution in [1.82, 2.24) is 10.3 Å². The van der Waals surface area contributed by atoms with Crippen molar-refractivity contribution in [2.45, 2.75) is 23.7 Å². The second-order valence-corrected chi connectivity index (χ2v) is 5.27. The summed E-state index contributed by atoms with van der Waals surface area (Å²) >= 11 is 1.78. The fourth-order valence-corrected chi connectivity index (χ4v) is 2.37. The Hall–Kier alpha value is -1.26. The van der Waals surface area contributed by atoms with Gasteiger partial charge < -0.3 is 9.73 Å². The van der Waals surface area contributed by atoms with Crippen molar-refractivity contribution in [3.05, 3.63) is 48.6 Å². The number of nitrogens with zero attached hydrogens (tertiary/aromatic N) is 1. The summed E-state index contributed by atoms with van der Waals surface area (Å²) < 4.78 is 5.25. The molecule has 0 bridgehead atoms. The molecule has 0 saturated heterocycles. The van der Waals surface area contributed by atoms with Crippen molar-refractivity contribution >= 4 is 11.8 Å². The number of pyridine rings is 1. The molecule has 0 aromatic carbocycles. The van der Waals surface area contributed by atoms with Gasteiger partial charge in [-0.05, 0) is 24.3 Å². The molecule has 0 spiro atoms. The second kappa shape index (κ2) is 6.47. The average Bonchev–Trinajstić information content (AvgIpc) is 2.83. The molecular weight excluding hydrogens is 232 g/mol. The van der Waals surface area contributed by atoms with Gasteiger partial charge in [0.05, 0.1) is 17.8 Å². The molecule has 0 amide bonds. The van der Waals surface area contributed by atoms with Gasteiger partial charge in [-0.3, -0.25) is 0 Å². The van der Waals surface area contributed by atoms with Gasteiger partial charge in [-0.1, -0.05) is 13.0 Å². The summed E-state index contributed by atoms with van der Waals surface area (Å²) in [7, 11) is 0. The first-order chi connectivity index (χ1) is 8.34. The Morgan fingerprint density at radius 3 is 3.00 bits per heavy atom. The molecule has 17 heavy (non-hydrogen) atoms. The molecule has 1 unspecified atom stereocenters. The van der Waals surface area contributed by atoms with Crippen molar-refractivity contribution in [1.29, 1.82) is 0 Å². The summed E-state index contributed by atoms with van der Waals surface area (Å²) in [5, 5.41) is 4.92. The molecule has 0 fully saturated rings. The normalized spacial score (nSPS) is 12.5. The van der Waals surface area contributed by atoms with Crippen LogP contribution in [0.4, 0.5) is 0 Å². The average molecular weight is 248 g/mol. The van der Waals surface area contributed by atoms with Crippen LogP contribution in [0.15, 0.2) is 52.2 Å². The largest absolute Gasteiger partial charge is 0.468 e. The van der Waals surface area contributed by atoms with Crippen LogP contribution in [0.3, 0.4) is 0 Å². The Morgan fingerprint density at radius 1 is 1.35 bits per heavy atom. The van der Waals surface area contributed by atoms with Crippen molar-refractivity contribution < 1.29 is 4.42 Å². The van der Waals surface area contributed by atoms with Gasteiger partial charge in [0.25, 0.3) is 0 Å². The van der Waals surface area contributed by atoms with Gasteiger partial charge in [-0.15, -0.1) is 11.8 Å². The monoisotopic (exact) mass is 248 g/mol. The van der Waals surface area contributed by atoms with E-state index in [4.69, 9.17) is 4.42 Å². The molecule has 2 aromatic heterocycles. The lowest BCUT2D eigenvalue weighted by molar-refractivity contribution is 0.484. The third-order valence-electron chi connectivity index (χ3n) is 2.27. The SMILES string of the molecule is CC(CNCc1ccco1)Sc1ccccn1. The maximum atomic E-state index is 5.25. The summed E-state index contributed by atoms with van der Waals surface area (Å²) in [4.78, 5) is 4.29. The molecule has 1 N–H and O–H groups in total. The zero-order chi connectivity index (χ0) is 11.9. The van der Waals surface area contributed by atoms with E-state index in [-0.39, 0.29) is 0 Å². The van der Waals surface area contributed by atoms with E-state index in [2.05, 4.69) is 17.2 Å². The Kier molecular flexibility index (Phi) is 4.64. The van der Waals surface area contributed by atoms with Gasteiger partial charge in [0.15, 0.2) is 0 Å². The van der Waals surface area contributed by atoms with Crippen molar-refractivity contribution in [2.75, 3.05) is 6.54 Å². The molecule has 4 heteroatoms. The zero-order valence-corrected chi connectivity index (χ0v) is 10.6. The third-order valence-corrected chi connectivity index (χ3v) is 3.32. The van der Waals surface area contributed by atoms with Crippen LogP contribution in [0.2, 0.25) is 0 Å². The Labute approximate surface area is 106 Å². The molecule has 2 rings (SSSR count). The van der Waals surface area contributed by atoms with E-state index >= 15 is 0 Å². The van der Waals surface area contributed by atoms with Crippen LogP contribution in [0.25, 0.3) is 0 Å². The summed E-state index contributed by atoms with van der Waals surface area (Å²) in [5.41, 5.74) is 0. The fraction of sp³-hybridized carbons (Fsp3) is 0.308. The van der Waals surface area contributed by atoms with Crippen LogP contribution >= 0.6 is 11.8 Å². The summed E-state index contributed by atoms with van der Waals surface area (Å²) in [5.74, 6) is 0.972. The predicted molar refractivity (Wildman–Crippen MR) is 70.0 cm³/mol. The van der Waals surface area contributed by atoms with E-state index in [1.807, 2.05) is 36.5 Å². The first-order valence-electron chi connectivity index (χ1n) is 5.65. The van der Waals surface area contributed by atoms with Crippen LogP contribution in [-0.2, 0) is 6.54 Å². The Balaban J connectivity index is 1.69. The van der Waals surface area contributed by atoms with Gasteiger partial charge in [-0.2, -0.15) is 0 Å². The maximum Gasteiger partial charge on any atom is 0.117 e. The minimum Gasteiger partial charge on any atom is -0.468 e. The molecule has 0 radical (unpaired) electrons. The van der Waals surface area contributed by atoms with Gasteiger partial charge in [0.1, 0.15) is 5.76 Å². The van der Waals surface area contributed by atoms with Gasteiger partial charge in [0, 0.05) is 18.0 Å². The fourth-order valence-electron chi connectivity index (χ4n) is 1.48. The van der Waals surface area contributed by atoms with Crippen LogP contribution in [0.5, 0.6) is 0 Å². The third kappa shape index (κ3) is 4.24. The van der Waals surface area contributed by atoms with Crippen LogP contribution in [-0.4, -0.2) is 16.8 Å². The smallest absolute Gasteiger partial charge is 0.117 e.